The van der Waals surface area contributed by atoms with Crippen molar-refractivity contribution in [2.45, 2.75) is 6.54 Å². The largest absolute Gasteiger partial charge is 0.480 e. The number of hydrogen-bond acceptors (Lipinski definition) is 5. The van der Waals surface area contributed by atoms with Gasteiger partial charge in [0.25, 0.3) is 5.91 Å². The third-order valence-electron chi connectivity index (χ3n) is 2.26. The van der Waals surface area contributed by atoms with Crippen LogP contribution in [0.3, 0.4) is 0 Å². The van der Waals surface area contributed by atoms with Crippen LogP contribution < -0.4 is 10.1 Å². The van der Waals surface area contributed by atoms with Crippen molar-refractivity contribution >= 4 is 5.91 Å². The van der Waals surface area contributed by atoms with Gasteiger partial charge in [0.05, 0.1) is 7.11 Å². The van der Waals surface area contributed by atoms with Crippen LogP contribution in [0.2, 0.25) is 0 Å². The summed E-state index contributed by atoms with van der Waals surface area (Å²) in [5.74, 6) is 0.0906. The molecule has 0 aliphatic carbocycles. The lowest BCUT2D eigenvalue weighted by Crippen LogP contribution is -2.24. The van der Waals surface area contributed by atoms with Crippen LogP contribution in [0.5, 0.6) is 5.88 Å². The smallest absolute Gasteiger partial charge is 0.272 e. The maximum atomic E-state index is 11.7. The van der Waals surface area contributed by atoms with Crippen LogP contribution in [0, 0.1) is 0 Å². The molecule has 0 spiro atoms. The van der Waals surface area contributed by atoms with Gasteiger partial charge in [0.2, 0.25) is 5.88 Å². The Balaban J connectivity index is 1.95. The van der Waals surface area contributed by atoms with Crippen LogP contribution in [-0.2, 0) is 6.54 Å². The zero-order valence-electron chi connectivity index (χ0n) is 9.83. The molecule has 0 radical (unpaired) electrons. The van der Waals surface area contributed by atoms with E-state index in [1.165, 1.54) is 7.11 Å². The Labute approximate surface area is 104 Å². The van der Waals surface area contributed by atoms with E-state index >= 15 is 0 Å². The van der Waals surface area contributed by atoms with Crippen LogP contribution in [0.1, 0.15) is 16.1 Å². The summed E-state index contributed by atoms with van der Waals surface area (Å²) in [5.41, 5.74) is 1.17. The summed E-state index contributed by atoms with van der Waals surface area (Å²) < 4.78 is 4.86. The van der Waals surface area contributed by atoms with Crippen molar-refractivity contribution in [1.82, 2.24) is 20.5 Å². The van der Waals surface area contributed by atoms with Crippen molar-refractivity contribution in [3.63, 3.8) is 0 Å². The van der Waals surface area contributed by atoms with Crippen LogP contribution in [0.25, 0.3) is 0 Å². The zero-order valence-corrected chi connectivity index (χ0v) is 9.83. The van der Waals surface area contributed by atoms with Crippen molar-refractivity contribution in [3.8, 4) is 5.88 Å². The van der Waals surface area contributed by atoms with E-state index in [0.717, 1.165) is 5.56 Å². The Kier molecular flexibility index (Phi) is 3.80. The van der Waals surface area contributed by atoms with E-state index < -0.39 is 0 Å². The van der Waals surface area contributed by atoms with Gasteiger partial charge in [0.15, 0.2) is 5.69 Å². The summed E-state index contributed by atoms with van der Waals surface area (Å²) in [6.45, 7) is 0.403. The minimum absolute atomic E-state index is 0.250. The maximum absolute atomic E-state index is 11.7. The van der Waals surface area contributed by atoms with Gasteiger partial charge in [-0.2, -0.15) is 0 Å². The predicted octanol–water partition coefficient (Wildman–Crippen LogP) is 0.810. The van der Waals surface area contributed by atoms with Crippen molar-refractivity contribution in [1.29, 1.82) is 0 Å². The second-order valence-electron chi connectivity index (χ2n) is 3.50. The molecule has 1 N–H and O–H groups in total. The molecular formula is C12H12N4O2. The molecule has 0 saturated carbocycles. The molecule has 2 aromatic heterocycles. The Morgan fingerprint density at radius 3 is 2.83 bits per heavy atom. The number of amides is 1. The quantitative estimate of drug-likeness (QED) is 0.861. The summed E-state index contributed by atoms with van der Waals surface area (Å²) >= 11 is 0. The average molecular weight is 244 g/mol. The summed E-state index contributed by atoms with van der Waals surface area (Å²) in [6.07, 6.45) is 3.38. The topological polar surface area (TPSA) is 77.0 Å². The number of methoxy groups -OCH3 is 1. The molecule has 0 aliphatic heterocycles. The first-order chi connectivity index (χ1) is 8.79. The molecule has 2 rings (SSSR count). The van der Waals surface area contributed by atoms with Gasteiger partial charge >= 0.3 is 0 Å². The number of hydrogen-bond donors (Lipinski definition) is 1. The Morgan fingerprint density at radius 2 is 2.22 bits per heavy atom. The Bertz CT molecular complexity index is 513. The van der Waals surface area contributed by atoms with E-state index in [0.29, 0.717) is 12.4 Å². The Morgan fingerprint density at radius 1 is 1.33 bits per heavy atom. The van der Waals surface area contributed by atoms with Crippen molar-refractivity contribution in [2.24, 2.45) is 0 Å². The third kappa shape index (κ3) is 3.00. The van der Waals surface area contributed by atoms with E-state index in [1.807, 2.05) is 12.1 Å². The average Bonchev–Trinajstić information content (AvgIpc) is 2.46. The molecule has 6 heteroatoms. The third-order valence-corrected chi connectivity index (χ3v) is 2.26. The van der Waals surface area contributed by atoms with Gasteiger partial charge in [0, 0.05) is 25.0 Å². The minimum Gasteiger partial charge on any atom is -0.480 e. The first-order valence-electron chi connectivity index (χ1n) is 5.34. The van der Waals surface area contributed by atoms with Gasteiger partial charge < -0.3 is 10.1 Å². The number of aromatic nitrogens is 3. The molecule has 92 valence electrons. The normalized spacial score (nSPS) is 9.83. The number of rotatable bonds is 4. The molecule has 6 nitrogen and oxygen atoms in total. The van der Waals surface area contributed by atoms with Crippen molar-refractivity contribution in [3.05, 3.63) is 47.9 Å². The molecule has 0 fully saturated rings. The molecule has 0 aliphatic rings. The lowest BCUT2D eigenvalue weighted by Gasteiger charge is -2.04. The molecule has 2 heterocycles. The van der Waals surface area contributed by atoms with Crippen LogP contribution in [0.15, 0.2) is 36.7 Å². The highest BCUT2D eigenvalue weighted by Gasteiger charge is 2.07. The molecule has 0 bridgehead atoms. The van der Waals surface area contributed by atoms with Crippen molar-refractivity contribution in [2.75, 3.05) is 7.11 Å². The standard InChI is InChI=1S/C12H12N4O2/c1-18-11-5-4-10(15-16-11)12(17)14-8-9-3-2-6-13-7-9/h2-7H,8H2,1H3,(H,14,17). The summed E-state index contributed by atoms with van der Waals surface area (Å²) in [6, 6.07) is 6.85. The zero-order chi connectivity index (χ0) is 12.8. The monoisotopic (exact) mass is 244 g/mol. The fraction of sp³-hybridized carbons (Fsp3) is 0.167. The second kappa shape index (κ2) is 5.72. The summed E-state index contributed by atoms with van der Waals surface area (Å²) in [4.78, 5) is 15.7. The van der Waals surface area contributed by atoms with Crippen LogP contribution >= 0.6 is 0 Å². The number of pyridine rings is 1. The van der Waals surface area contributed by atoms with E-state index in [9.17, 15) is 4.79 Å². The van der Waals surface area contributed by atoms with Gasteiger partial charge in [-0.25, -0.2) is 0 Å². The van der Waals surface area contributed by atoms with E-state index in [4.69, 9.17) is 4.74 Å². The number of carbonyl (C=O) groups is 1. The molecule has 1 amide bonds. The van der Waals surface area contributed by atoms with Crippen LogP contribution in [-0.4, -0.2) is 28.2 Å². The molecule has 2 aromatic rings. The molecule has 18 heavy (non-hydrogen) atoms. The summed E-state index contributed by atoms with van der Waals surface area (Å²) in [7, 11) is 1.49. The SMILES string of the molecule is COc1ccc(C(=O)NCc2cccnc2)nn1. The van der Waals surface area contributed by atoms with Gasteiger partial charge in [0.1, 0.15) is 0 Å². The lowest BCUT2D eigenvalue weighted by atomic mass is 10.3. The first-order valence-corrected chi connectivity index (χ1v) is 5.34. The lowest BCUT2D eigenvalue weighted by molar-refractivity contribution is 0.0944. The van der Waals surface area contributed by atoms with Gasteiger partial charge in [-0.1, -0.05) is 6.07 Å². The fourth-order valence-corrected chi connectivity index (χ4v) is 1.33. The second-order valence-corrected chi connectivity index (χ2v) is 3.50. The molecule has 0 atom stereocenters. The van der Waals surface area contributed by atoms with E-state index in [2.05, 4.69) is 20.5 Å². The number of ether oxygens (including phenoxy) is 1. The molecule has 0 saturated heterocycles. The molecule has 0 unspecified atom stereocenters. The fourth-order valence-electron chi connectivity index (χ4n) is 1.33. The van der Waals surface area contributed by atoms with E-state index in [1.54, 1.807) is 24.5 Å². The van der Waals surface area contributed by atoms with Gasteiger partial charge in [-0.05, 0) is 17.7 Å². The van der Waals surface area contributed by atoms with Gasteiger partial charge in [-0.15, -0.1) is 10.2 Å². The first kappa shape index (κ1) is 12.0. The highest BCUT2D eigenvalue weighted by molar-refractivity contribution is 5.91. The molecule has 0 aromatic carbocycles. The summed E-state index contributed by atoms with van der Waals surface area (Å²) in [5, 5.41) is 10.2. The highest BCUT2D eigenvalue weighted by atomic mass is 16.5. The number of nitrogens with zero attached hydrogens (tertiary/aromatic N) is 3. The maximum Gasteiger partial charge on any atom is 0.272 e. The number of carbonyl (C=O) groups excluding carboxylic acids is 1. The van der Waals surface area contributed by atoms with Gasteiger partial charge in [-0.3, -0.25) is 9.78 Å². The number of nitrogens with one attached hydrogen (secondary N) is 1. The van der Waals surface area contributed by atoms with E-state index in [-0.39, 0.29) is 11.6 Å². The Hall–Kier alpha value is -2.50. The molecular weight excluding hydrogens is 232 g/mol. The highest BCUT2D eigenvalue weighted by Crippen LogP contribution is 2.03. The minimum atomic E-state index is -0.283. The predicted molar refractivity (Wildman–Crippen MR) is 64.0 cm³/mol. The van der Waals surface area contributed by atoms with Crippen LogP contribution in [0.4, 0.5) is 0 Å². The van der Waals surface area contributed by atoms with Crippen molar-refractivity contribution < 1.29 is 9.53 Å².